The Morgan fingerprint density at radius 1 is 0.912 bits per heavy atom. The predicted octanol–water partition coefficient (Wildman–Crippen LogP) is 5.09. The first-order valence-corrected chi connectivity index (χ1v) is 12.5. The number of pyridine rings is 1. The van der Waals surface area contributed by atoms with E-state index in [9.17, 15) is 9.59 Å². The van der Waals surface area contributed by atoms with Crippen LogP contribution in [-0.2, 0) is 17.6 Å². The highest BCUT2D eigenvalue weighted by atomic mass is 32.2. The van der Waals surface area contributed by atoms with Gasteiger partial charge in [-0.25, -0.2) is 4.98 Å². The summed E-state index contributed by atoms with van der Waals surface area (Å²) in [5.74, 6) is 0.749. The maximum Gasteiger partial charge on any atom is 0.255 e. The van der Waals surface area contributed by atoms with Gasteiger partial charge in [0.1, 0.15) is 0 Å². The lowest BCUT2D eigenvalue weighted by Gasteiger charge is -2.08. The summed E-state index contributed by atoms with van der Waals surface area (Å²) >= 11 is 3.08. The quantitative estimate of drug-likeness (QED) is 0.318. The van der Waals surface area contributed by atoms with E-state index in [0.717, 1.165) is 27.1 Å². The number of imidazole rings is 1. The number of carbonyl (C=O) groups excluding carboxylic acids is 2. The Labute approximate surface area is 206 Å². The summed E-state index contributed by atoms with van der Waals surface area (Å²) in [5.41, 5.74) is 3.03. The van der Waals surface area contributed by atoms with Crippen molar-refractivity contribution in [1.29, 1.82) is 0 Å². The van der Waals surface area contributed by atoms with Crippen LogP contribution < -0.4 is 10.6 Å². The van der Waals surface area contributed by atoms with Crippen molar-refractivity contribution in [3.63, 3.8) is 0 Å². The van der Waals surface area contributed by atoms with Crippen molar-refractivity contribution in [3.05, 3.63) is 96.6 Å². The highest BCUT2D eigenvalue weighted by Gasteiger charge is 2.09. The molecule has 0 aliphatic carbocycles. The smallest absolute Gasteiger partial charge is 0.255 e. The number of amides is 2. The van der Waals surface area contributed by atoms with Crippen LogP contribution in [0.25, 0.3) is 0 Å². The predicted molar refractivity (Wildman–Crippen MR) is 137 cm³/mol. The molecule has 0 unspecified atom stereocenters. The molecule has 4 aromatic rings. The maximum atomic E-state index is 12.6. The number of hydrogen-bond donors (Lipinski definition) is 2. The second-order valence-corrected chi connectivity index (χ2v) is 9.35. The van der Waals surface area contributed by atoms with Gasteiger partial charge in [0.25, 0.3) is 5.91 Å². The van der Waals surface area contributed by atoms with E-state index < -0.39 is 0 Å². The van der Waals surface area contributed by atoms with Crippen molar-refractivity contribution in [1.82, 2.24) is 14.5 Å². The number of anilines is 2. The molecule has 2 heterocycles. The molecule has 0 saturated carbocycles. The molecule has 172 valence electrons. The van der Waals surface area contributed by atoms with Crippen LogP contribution in [-0.4, -0.2) is 32.1 Å². The van der Waals surface area contributed by atoms with E-state index in [1.165, 1.54) is 11.8 Å². The molecule has 0 spiro atoms. The van der Waals surface area contributed by atoms with Gasteiger partial charge in [0.05, 0.1) is 5.75 Å². The fraction of sp³-hybridized carbons (Fsp3) is 0.120. The van der Waals surface area contributed by atoms with Gasteiger partial charge in [-0.2, -0.15) is 0 Å². The molecule has 0 saturated heterocycles. The fourth-order valence-corrected chi connectivity index (χ4v) is 4.58. The lowest BCUT2D eigenvalue weighted by molar-refractivity contribution is -0.113. The van der Waals surface area contributed by atoms with Gasteiger partial charge in [-0.1, -0.05) is 17.8 Å². The number of nitrogens with one attached hydrogen (secondary N) is 2. The van der Waals surface area contributed by atoms with Gasteiger partial charge >= 0.3 is 0 Å². The van der Waals surface area contributed by atoms with Crippen molar-refractivity contribution in [3.8, 4) is 0 Å². The fourth-order valence-electron chi connectivity index (χ4n) is 3.01. The van der Waals surface area contributed by atoms with E-state index >= 15 is 0 Å². The van der Waals surface area contributed by atoms with Crippen LogP contribution >= 0.6 is 23.5 Å². The summed E-state index contributed by atoms with van der Waals surface area (Å²) in [7, 11) is 1.88. The molecule has 0 radical (unpaired) electrons. The average Bonchev–Trinajstić information content (AvgIpc) is 3.28. The number of benzene rings is 2. The monoisotopic (exact) mass is 489 g/mol. The Morgan fingerprint density at radius 2 is 1.65 bits per heavy atom. The first kappa shape index (κ1) is 23.6. The summed E-state index contributed by atoms with van der Waals surface area (Å²) < 4.78 is 1.86. The van der Waals surface area contributed by atoms with Crippen molar-refractivity contribution in [2.75, 3.05) is 16.4 Å². The second kappa shape index (κ2) is 11.5. The number of aryl methyl sites for hydroxylation is 1. The molecule has 9 heteroatoms. The molecule has 34 heavy (non-hydrogen) atoms. The zero-order valence-corrected chi connectivity index (χ0v) is 20.1. The van der Waals surface area contributed by atoms with Gasteiger partial charge in [0, 0.05) is 59.4 Å². The van der Waals surface area contributed by atoms with E-state index in [0.29, 0.717) is 11.3 Å². The minimum Gasteiger partial charge on any atom is -0.329 e. The van der Waals surface area contributed by atoms with Crippen LogP contribution in [0.3, 0.4) is 0 Å². The van der Waals surface area contributed by atoms with Gasteiger partial charge in [-0.15, -0.1) is 11.8 Å². The molecular formula is C25H23N5O2S2. The molecule has 0 aliphatic heterocycles. The van der Waals surface area contributed by atoms with Crippen molar-refractivity contribution in [2.24, 2.45) is 7.05 Å². The van der Waals surface area contributed by atoms with Crippen LogP contribution in [0.4, 0.5) is 11.4 Å². The summed E-state index contributed by atoms with van der Waals surface area (Å²) in [6.45, 7) is 0. The lowest BCUT2D eigenvalue weighted by atomic mass is 10.2. The standard InChI is InChI=1S/C25H23N5O2S2/c1-30-14-13-27-25(30)34-17-23(31)28-20-6-4-19(5-7-20)24(32)29-21-8-10-22(11-9-21)33-16-18-3-2-12-26-15-18/h2-15H,16-17H2,1H3,(H,28,31)(H,29,32). The van der Waals surface area contributed by atoms with Crippen LogP contribution in [0, 0.1) is 0 Å². The minimum absolute atomic E-state index is 0.133. The molecule has 2 N–H and O–H groups in total. The zero-order valence-electron chi connectivity index (χ0n) is 18.5. The Hall–Kier alpha value is -3.56. The molecule has 2 aromatic heterocycles. The normalized spacial score (nSPS) is 10.6. The topological polar surface area (TPSA) is 88.9 Å². The van der Waals surface area contributed by atoms with Gasteiger partial charge in [-0.3, -0.25) is 14.6 Å². The number of aromatic nitrogens is 3. The van der Waals surface area contributed by atoms with Crippen LogP contribution in [0.2, 0.25) is 0 Å². The third-order valence-corrected chi connectivity index (χ3v) is 6.92. The summed E-state index contributed by atoms with van der Waals surface area (Å²) in [4.78, 5) is 34.2. The molecule has 0 atom stereocenters. The molecular weight excluding hydrogens is 466 g/mol. The second-order valence-electron chi connectivity index (χ2n) is 7.36. The minimum atomic E-state index is -0.209. The summed E-state index contributed by atoms with van der Waals surface area (Å²) in [6.07, 6.45) is 7.15. The van der Waals surface area contributed by atoms with Gasteiger partial charge in [0.2, 0.25) is 5.91 Å². The summed E-state index contributed by atoms with van der Waals surface area (Å²) in [6, 6.07) is 18.5. The third-order valence-electron chi connectivity index (χ3n) is 4.78. The van der Waals surface area contributed by atoms with Crippen LogP contribution in [0.5, 0.6) is 0 Å². The lowest BCUT2D eigenvalue weighted by Crippen LogP contribution is -2.15. The molecule has 4 rings (SSSR count). The van der Waals surface area contributed by atoms with E-state index in [4.69, 9.17) is 0 Å². The molecule has 0 aliphatic rings. The number of thioether (sulfide) groups is 2. The van der Waals surface area contributed by atoms with E-state index in [2.05, 4.69) is 20.6 Å². The molecule has 2 aromatic carbocycles. The Morgan fingerprint density at radius 3 is 2.32 bits per heavy atom. The maximum absolute atomic E-state index is 12.6. The average molecular weight is 490 g/mol. The van der Waals surface area contributed by atoms with Crippen molar-refractivity contribution in [2.45, 2.75) is 15.8 Å². The molecule has 7 nitrogen and oxygen atoms in total. The van der Waals surface area contributed by atoms with E-state index in [-0.39, 0.29) is 17.6 Å². The van der Waals surface area contributed by atoms with Gasteiger partial charge in [0.15, 0.2) is 5.16 Å². The highest BCUT2D eigenvalue weighted by molar-refractivity contribution is 7.99. The van der Waals surface area contributed by atoms with Gasteiger partial charge in [-0.05, 0) is 60.2 Å². The first-order valence-electron chi connectivity index (χ1n) is 10.5. The van der Waals surface area contributed by atoms with Crippen LogP contribution in [0.15, 0.2) is 95.5 Å². The number of hydrogen-bond acceptors (Lipinski definition) is 6. The van der Waals surface area contributed by atoms with Crippen molar-refractivity contribution < 1.29 is 9.59 Å². The highest BCUT2D eigenvalue weighted by Crippen LogP contribution is 2.24. The molecule has 0 bridgehead atoms. The van der Waals surface area contributed by atoms with Gasteiger partial charge < -0.3 is 15.2 Å². The van der Waals surface area contributed by atoms with Crippen LogP contribution in [0.1, 0.15) is 15.9 Å². The molecule has 2 amide bonds. The molecule has 0 fully saturated rings. The third kappa shape index (κ3) is 6.72. The Bertz CT molecular complexity index is 1240. The number of nitrogens with zero attached hydrogens (tertiary/aromatic N) is 3. The van der Waals surface area contributed by atoms with Crippen molar-refractivity contribution >= 4 is 46.7 Å². The number of carbonyl (C=O) groups is 2. The van der Waals surface area contributed by atoms with E-state index in [1.54, 1.807) is 48.4 Å². The first-order chi connectivity index (χ1) is 16.6. The number of rotatable bonds is 9. The Kier molecular flexibility index (Phi) is 8.00. The summed E-state index contributed by atoms with van der Waals surface area (Å²) in [5, 5.41) is 6.52. The SMILES string of the molecule is Cn1ccnc1SCC(=O)Nc1ccc(C(=O)Nc2ccc(SCc3cccnc3)cc2)cc1. The van der Waals surface area contributed by atoms with E-state index in [1.807, 2.05) is 60.4 Å². The Balaban J connectivity index is 1.25. The zero-order chi connectivity index (χ0) is 23.8. The largest absolute Gasteiger partial charge is 0.329 e.